The Hall–Kier alpha value is -3.63. The second kappa shape index (κ2) is 9.53. The lowest BCUT2D eigenvalue weighted by molar-refractivity contribution is -0.130. The molecule has 0 saturated heterocycles. The maximum atomic E-state index is 12.8. The number of carbonyl (C=O) groups is 2. The summed E-state index contributed by atoms with van der Waals surface area (Å²) in [5, 5.41) is 13.5. The Morgan fingerprint density at radius 1 is 1.10 bits per heavy atom. The summed E-state index contributed by atoms with van der Waals surface area (Å²) in [7, 11) is 1.58. The van der Waals surface area contributed by atoms with E-state index in [1.807, 2.05) is 18.2 Å². The highest BCUT2D eigenvalue weighted by atomic mass is 32.1. The van der Waals surface area contributed by atoms with Crippen LogP contribution >= 0.6 is 11.3 Å². The van der Waals surface area contributed by atoms with Crippen molar-refractivity contribution in [1.29, 1.82) is 5.26 Å². The molecule has 3 rings (SSSR count). The van der Waals surface area contributed by atoms with Crippen molar-refractivity contribution in [3.8, 4) is 11.8 Å². The molecule has 7 heteroatoms. The van der Waals surface area contributed by atoms with Crippen LogP contribution in [0, 0.1) is 11.3 Å². The monoisotopic (exact) mass is 406 g/mol. The summed E-state index contributed by atoms with van der Waals surface area (Å²) in [6, 6.07) is 19.1. The molecule has 0 bridgehead atoms. The number of hydrogen-bond acceptors (Lipinski definition) is 6. The zero-order valence-corrected chi connectivity index (χ0v) is 16.4. The first-order valence-electron chi connectivity index (χ1n) is 8.76. The molecule has 0 spiro atoms. The molecule has 1 amide bonds. The third-order valence-electron chi connectivity index (χ3n) is 4.15. The van der Waals surface area contributed by atoms with Gasteiger partial charge in [0.1, 0.15) is 10.6 Å². The minimum atomic E-state index is -1.13. The summed E-state index contributed by atoms with van der Waals surface area (Å²) in [5.74, 6) is -0.301. The summed E-state index contributed by atoms with van der Waals surface area (Å²) in [4.78, 5) is 25.6. The van der Waals surface area contributed by atoms with E-state index in [0.717, 1.165) is 11.3 Å². The van der Waals surface area contributed by atoms with Crippen molar-refractivity contribution < 1.29 is 19.1 Å². The molecule has 0 saturated carbocycles. The smallest absolute Gasteiger partial charge is 0.349 e. The van der Waals surface area contributed by atoms with Crippen LogP contribution in [0.3, 0.4) is 0 Å². The molecule has 2 aromatic carbocycles. The Morgan fingerprint density at radius 2 is 1.83 bits per heavy atom. The number of nitrogens with zero attached hydrogens (tertiary/aromatic N) is 1. The first kappa shape index (κ1) is 20.1. The fourth-order valence-electron chi connectivity index (χ4n) is 2.59. The maximum Gasteiger partial charge on any atom is 0.349 e. The zero-order valence-electron chi connectivity index (χ0n) is 15.6. The number of carbonyl (C=O) groups excluding carboxylic acids is 2. The van der Waals surface area contributed by atoms with E-state index in [1.54, 1.807) is 61.0 Å². The third kappa shape index (κ3) is 5.21. The SMILES string of the molecule is COc1ccc(CNC(=O)C(OC(=O)c2cccs2)c2ccc(C#N)cc2)cc1. The van der Waals surface area contributed by atoms with E-state index in [1.165, 1.54) is 11.3 Å². The van der Waals surface area contributed by atoms with Crippen molar-refractivity contribution in [2.45, 2.75) is 12.6 Å². The number of esters is 1. The van der Waals surface area contributed by atoms with Crippen LogP contribution in [-0.2, 0) is 16.1 Å². The third-order valence-corrected chi connectivity index (χ3v) is 5.00. The lowest BCUT2D eigenvalue weighted by atomic mass is 10.1. The van der Waals surface area contributed by atoms with Gasteiger partial charge in [-0.3, -0.25) is 4.79 Å². The van der Waals surface area contributed by atoms with Crippen molar-refractivity contribution in [3.05, 3.63) is 87.6 Å². The van der Waals surface area contributed by atoms with Crippen molar-refractivity contribution in [1.82, 2.24) is 5.32 Å². The number of ether oxygens (including phenoxy) is 2. The normalized spacial score (nSPS) is 11.2. The predicted octanol–water partition coefficient (Wildman–Crippen LogP) is 3.84. The summed E-state index contributed by atoms with van der Waals surface area (Å²) < 4.78 is 10.6. The van der Waals surface area contributed by atoms with Gasteiger partial charge in [-0.05, 0) is 41.3 Å². The molecule has 1 N–H and O–H groups in total. The Kier molecular flexibility index (Phi) is 6.61. The van der Waals surface area contributed by atoms with Crippen LogP contribution in [0.5, 0.6) is 5.75 Å². The zero-order chi connectivity index (χ0) is 20.6. The van der Waals surface area contributed by atoms with Gasteiger partial charge in [-0.25, -0.2) is 4.79 Å². The van der Waals surface area contributed by atoms with Gasteiger partial charge in [0.2, 0.25) is 6.10 Å². The lowest BCUT2D eigenvalue weighted by Gasteiger charge is -2.18. The number of benzene rings is 2. The largest absolute Gasteiger partial charge is 0.497 e. The summed E-state index contributed by atoms with van der Waals surface area (Å²) >= 11 is 1.24. The molecule has 29 heavy (non-hydrogen) atoms. The van der Waals surface area contributed by atoms with Gasteiger partial charge in [-0.15, -0.1) is 11.3 Å². The summed E-state index contributed by atoms with van der Waals surface area (Å²) in [6.07, 6.45) is -1.13. The topological polar surface area (TPSA) is 88.4 Å². The fourth-order valence-corrected chi connectivity index (χ4v) is 3.20. The summed E-state index contributed by atoms with van der Waals surface area (Å²) in [5.41, 5.74) is 1.82. The van der Waals surface area contributed by atoms with Gasteiger partial charge < -0.3 is 14.8 Å². The Labute approximate surface area is 172 Å². The molecule has 0 aliphatic carbocycles. The highest BCUT2D eigenvalue weighted by molar-refractivity contribution is 7.11. The highest BCUT2D eigenvalue weighted by Gasteiger charge is 2.26. The van der Waals surface area contributed by atoms with Crippen molar-refractivity contribution >= 4 is 23.2 Å². The van der Waals surface area contributed by atoms with E-state index in [-0.39, 0.29) is 6.54 Å². The minimum Gasteiger partial charge on any atom is -0.497 e. The van der Waals surface area contributed by atoms with Crippen LogP contribution < -0.4 is 10.1 Å². The molecule has 1 aromatic heterocycles. The average molecular weight is 406 g/mol. The van der Waals surface area contributed by atoms with E-state index in [4.69, 9.17) is 14.7 Å². The molecule has 0 fully saturated rings. The second-order valence-electron chi connectivity index (χ2n) is 6.06. The van der Waals surface area contributed by atoms with Gasteiger partial charge in [0, 0.05) is 12.1 Å². The lowest BCUT2D eigenvalue weighted by Crippen LogP contribution is -2.31. The van der Waals surface area contributed by atoms with Gasteiger partial charge >= 0.3 is 5.97 Å². The molecule has 3 aromatic rings. The van der Waals surface area contributed by atoms with Gasteiger partial charge in [-0.2, -0.15) is 5.26 Å². The van der Waals surface area contributed by atoms with E-state index in [9.17, 15) is 9.59 Å². The van der Waals surface area contributed by atoms with Gasteiger partial charge in [-0.1, -0.05) is 30.3 Å². The van der Waals surface area contributed by atoms with Crippen molar-refractivity contribution in [2.24, 2.45) is 0 Å². The second-order valence-corrected chi connectivity index (χ2v) is 7.01. The maximum absolute atomic E-state index is 12.8. The fraction of sp³-hybridized carbons (Fsp3) is 0.136. The van der Waals surface area contributed by atoms with Crippen molar-refractivity contribution in [2.75, 3.05) is 7.11 Å². The molecule has 0 aliphatic rings. The van der Waals surface area contributed by atoms with E-state index < -0.39 is 18.0 Å². The number of methoxy groups -OCH3 is 1. The molecule has 1 heterocycles. The number of rotatable bonds is 7. The molecule has 1 unspecified atom stereocenters. The first-order chi connectivity index (χ1) is 14.1. The highest BCUT2D eigenvalue weighted by Crippen LogP contribution is 2.22. The van der Waals surface area contributed by atoms with E-state index in [2.05, 4.69) is 5.32 Å². The minimum absolute atomic E-state index is 0.270. The quantitative estimate of drug-likeness (QED) is 0.602. The number of nitrogens with one attached hydrogen (secondary N) is 1. The molecule has 0 radical (unpaired) electrons. The standard InChI is InChI=1S/C22H18N2O4S/c1-27-18-10-6-16(7-11-18)14-24-21(25)20(17-8-4-15(13-23)5-9-17)28-22(26)19-3-2-12-29-19/h2-12,20H,14H2,1H3,(H,24,25). The Morgan fingerprint density at radius 3 is 2.41 bits per heavy atom. The molecular formula is C22H18N2O4S. The van der Waals surface area contributed by atoms with E-state index >= 15 is 0 Å². The molecule has 0 aliphatic heterocycles. The Bertz CT molecular complexity index is 1010. The molecular weight excluding hydrogens is 388 g/mol. The van der Waals surface area contributed by atoms with Crippen molar-refractivity contribution in [3.63, 3.8) is 0 Å². The van der Waals surface area contributed by atoms with Crippen LogP contribution in [0.25, 0.3) is 0 Å². The first-order valence-corrected chi connectivity index (χ1v) is 9.64. The average Bonchev–Trinajstić information content (AvgIpc) is 3.31. The predicted molar refractivity (Wildman–Crippen MR) is 108 cm³/mol. The molecule has 6 nitrogen and oxygen atoms in total. The van der Waals surface area contributed by atoms with Gasteiger partial charge in [0.15, 0.2) is 0 Å². The van der Waals surface area contributed by atoms with Crippen LogP contribution in [0.15, 0.2) is 66.0 Å². The van der Waals surface area contributed by atoms with Gasteiger partial charge in [0.25, 0.3) is 5.91 Å². The van der Waals surface area contributed by atoms with Crippen LogP contribution in [0.4, 0.5) is 0 Å². The van der Waals surface area contributed by atoms with Crippen LogP contribution in [0.1, 0.15) is 32.5 Å². The number of thiophene rings is 1. The summed E-state index contributed by atoms with van der Waals surface area (Å²) in [6.45, 7) is 0.270. The van der Waals surface area contributed by atoms with Crippen LogP contribution in [-0.4, -0.2) is 19.0 Å². The Balaban J connectivity index is 1.75. The number of amides is 1. The number of hydrogen-bond donors (Lipinski definition) is 1. The molecule has 146 valence electrons. The van der Waals surface area contributed by atoms with Crippen LogP contribution in [0.2, 0.25) is 0 Å². The molecule has 1 atom stereocenters. The number of nitriles is 1. The van der Waals surface area contributed by atoms with Gasteiger partial charge in [0.05, 0.1) is 18.7 Å². The van der Waals surface area contributed by atoms with E-state index in [0.29, 0.717) is 16.0 Å².